The Bertz CT molecular complexity index is 803. The molecule has 1 saturated heterocycles. The smallest absolute Gasteiger partial charge is 0.349 e. The van der Waals surface area contributed by atoms with Crippen molar-refractivity contribution in [1.82, 2.24) is 5.32 Å². The molecule has 1 aromatic carbocycles. The fraction of sp³-hybridized carbons (Fsp3) is 0.412. The van der Waals surface area contributed by atoms with Crippen molar-refractivity contribution < 1.29 is 14.3 Å². The van der Waals surface area contributed by atoms with Crippen LogP contribution in [0.1, 0.15) is 29.4 Å². The lowest BCUT2D eigenvalue weighted by Crippen LogP contribution is -2.42. The summed E-state index contributed by atoms with van der Waals surface area (Å²) in [5, 5.41) is 8.22. The number of ether oxygens (including phenoxy) is 2. The van der Waals surface area contributed by atoms with Gasteiger partial charge >= 0.3 is 5.97 Å². The second-order valence-electron chi connectivity index (χ2n) is 5.89. The van der Waals surface area contributed by atoms with Gasteiger partial charge in [-0.25, -0.2) is 4.79 Å². The zero-order chi connectivity index (χ0) is 18.0. The molecule has 0 aliphatic carbocycles. The number of nitrogens with one attached hydrogen (secondary N) is 2. The van der Waals surface area contributed by atoms with Crippen LogP contribution in [0.5, 0.6) is 0 Å². The predicted molar refractivity (Wildman–Crippen MR) is 106 cm³/mol. The average Bonchev–Trinajstić information content (AvgIpc) is 3.22. The van der Waals surface area contributed by atoms with Crippen molar-refractivity contribution in [1.29, 1.82) is 0 Å². The van der Waals surface area contributed by atoms with Crippen LogP contribution in [0.2, 0.25) is 5.02 Å². The highest BCUT2D eigenvalue weighted by atomic mass is 35.5. The minimum atomic E-state index is -0.428. The summed E-state index contributed by atoms with van der Waals surface area (Å²) < 4.78 is 11.3. The first-order valence-electron chi connectivity index (χ1n) is 7.99. The number of fused-ring (bicyclic) bond motifs is 1. The Morgan fingerprint density at radius 1 is 1.52 bits per heavy atom. The average molecular weight is 399 g/mol. The minimum Gasteiger partial charge on any atom is -0.465 e. The van der Waals surface area contributed by atoms with Crippen LogP contribution in [-0.4, -0.2) is 36.9 Å². The fourth-order valence-electron chi connectivity index (χ4n) is 2.83. The molecule has 2 heterocycles. The van der Waals surface area contributed by atoms with Crippen molar-refractivity contribution in [3.05, 3.63) is 28.1 Å². The van der Waals surface area contributed by atoms with Gasteiger partial charge in [0.05, 0.1) is 24.3 Å². The van der Waals surface area contributed by atoms with Crippen LogP contribution in [0.4, 0.5) is 5.69 Å². The number of thiocarbonyl (C=S) groups is 1. The molecular formula is C17H19ClN2O3S2. The molecule has 5 nitrogen and oxygen atoms in total. The molecule has 0 amide bonds. The third-order valence-electron chi connectivity index (χ3n) is 4.14. The molecule has 3 rings (SSSR count). The predicted octanol–water partition coefficient (Wildman–Crippen LogP) is 4.20. The molecule has 8 heteroatoms. The maximum atomic E-state index is 11.8. The first-order chi connectivity index (χ1) is 12.0. The summed E-state index contributed by atoms with van der Waals surface area (Å²) in [6.45, 7) is 2.88. The molecule has 25 heavy (non-hydrogen) atoms. The van der Waals surface area contributed by atoms with Crippen LogP contribution in [0.25, 0.3) is 10.1 Å². The van der Waals surface area contributed by atoms with E-state index in [0.29, 0.717) is 15.0 Å². The van der Waals surface area contributed by atoms with E-state index < -0.39 is 5.97 Å². The molecule has 2 aromatic rings. The van der Waals surface area contributed by atoms with E-state index in [1.54, 1.807) is 0 Å². The highest BCUT2D eigenvalue weighted by Gasteiger charge is 2.23. The standard InChI is InChI=1S/C17H19ClN2O3S2/c1-9(12-4-3-7-23-12)19-17(24)20-10-5-6-11-13(8-10)25-15(14(11)18)16(21)22-2/h5-6,8-9,12H,3-4,7H2,1-2H3,(H2,19,20,24)/t9-,12-/m0/s1. The summed E-state index contributed by atoms with van der Waals surface area (Å²) in [5.74, 6) is -0.428. The van der Waals surface area contributed by atoms with Crippen LogP contribution >= 0.6 is 35.2 Å². The van der Waals surface area contributed by atoms with E-state index in [9.17, 15) is 4.79 Å². The molecule has 1 aromatic heterocycles. The van der Waals surface area contributed by atoms with Gasteiger partial charge in [0.2, 0.25) is 0 Å². The molecule has 0 unspecified atom stereocenters. The first-order valence-corrected chi connectivity index (χ1v) is 9.59. The molecular weight excluding hydrogens is 380 g/mol. The van der Waals surface area contributed by atoms with Crippen molar-refractivity contribution in [3.63, 3.8) is 0 Å². The maximum absolute atomic E-state index is 11.8. The Balaban J connectivity index is 1.71. The fourth-order valence-corrected chi connectivity index (χ4v) is 4.60. The van der Waals surface area contributed by atoms with Crippen LogP contribution in [0.15, 0.2) is 18.2 Å². The third kappa shape index (κ3) is 4.06. The number of hydrogen-bond donors (Lipinski definition) is 2. The Morgan fingerprint density at radius 2 is 2.32 bits per heavy atom. The van der Waals surface area contributed by atoms with Gasteiger partial charge in [0.15, 0.2) is 5.11 Å². The van der Waals surface area contributed by atoms with E-state index in [-0.39, 0.29) is 12.1 Å². The van der Waals surface area contributed by atoms with E-state index in [2.05, 4.69) is 17.6 Å². The zero-order valence-electron chi connectivity index (χ0n) is 13.9. The normalized spacial score (nSPS) is 18.1. The van der Waals surface area contributed by atoms with Gasteiger partial charge < -0.3 is 20.1 Å². The molecule has 1 aliphatic heterocycles. The number of hydrogen-bond acceptors (Lipinski definition) is 5. The lowest BCUT2D eigenvalue weighted by Gasteiger charge is -2.22. The van der Waals surface area contributed by atoms with Crippen LogP contribution in [0, 0.1) is 0 Å². The molecule has 0 spiro atoms. The Morgan fingerprint density at radius 3 is 3.00 bits per heavy atom. The van der Waals surface area contributed by atoms with Crippen LogP contribution < -0.4 is 10.6 Å². The lowest BCUT2D eigenvalue weighted by molar-refractivity contribution is 0.0606. The summed E-state index contributed by atoms with van der Waals surface area (Å²) >= 11 is 13.0. The number of rotatable bonds is 4. The monoisotopic (exact) mass is 398 g/mol. The summed E-state index contributed by atoms with van der Waals surface area (Å²) in [6, 6.07) is 5.82. The highest BCUT2D eigenvalue weighted by molar-refractivity contribution is 7.80. The summed E-state index contributed by atoms with van der Waals surface area (Å²) in [5.41, 5.74) is 0.832. The second kappa shape index (κ2) is 7.86. The summed E-state index contributed by atoms with van der Waals surface area (Å²) in [7, 11) is 1.34. The van der Waals surface area contributed by atoms with Gasteiger partial charge in [0.1, 0.15) is 4.88 Å². The minimum absolute atomic E-state index is 0.147. The zero-order valence-corrected chi connectivity index (χ0v) is 16.3. The molecule has 1 fully saturated rings. The van der Waals surface area contributed by atoms with Gasteiger partial charge in [-0.3, -0.25) is 0 Å². The number of methoxy groups -OCH3 is 1. The van der Waals surface area contributed by atoms with Gasteiger partial charge in [0, 0.05) is 22.4 Å². The van der Waals surface area contributed by atoms with Gasteiger partial charge in [-0.05, 0) is 50.2 Å². The van der Waals surface area contributed by atoms with Crippen molar-refractivity contribution in [3.8, 4) is 0 Å². The topological polar surface area (TPSA) is 59.6 Å². The number of carbonyl (C=O) groups excluding carboxylic acids is 1. The molecule has 0 radical (unpaired) electrons. The quantitative estimate of drug-likeness (QED) is 0.594. The van der Waals surface area contributed by atoms with E-state index in [1.807, 2.05) is 18.2 Å². The Hall–Kier alpha value is -1.41. The van der Waals surface area contributed by atoms with E-state index in [0.717, 1.165) is 35.2 Å². The maximum Gasteiger partial charge on any atom is 0.349 e. The van der Waals surface area contributed by atoms with E-state index in [1.165, 1.54) is 18.4 Å². The highest BCUT2D eigenvalue weighted by Crippen LogP contribution is 2.37. The van der Waals surface area contributed by atoms with Gasteiger partial charge in [-0.2, -0.15) is 0 Å². The molecule has 0 bridgehead atoms. The second-order valence-corrected chi connectivity index (χ2v) is 7.72. The number of benzene rings is 1. The van der Waals surface area contributed by atoms with Crippen LogP contribution in [-0.2, 0) is 9.47 Å². The molecule has 1 aliphatic rings. The van der Waals surface area contributed by atoms with Gasteiger partial charge in [0.25, 0.3) is 0 Å². The Kier molecular flexibility index (Phi) is 5.78. The van der Waals surface area contributed by atoms with E-state index >= 15 is 0 Å². The first kappa shape index (κ1) is 18.4. The molecule has 0 saturated carbocycles. The largest absolute Gasteiger partial charge is 0.465 e. The van der Waals surface area contributed by atoms with Crippen molar-refractivity contribution in [2.45, 2.75) is 31.9 Å². The van der Waals surface area contributed by atoms with Crippen LogP contribution in [0.3, 0.4) is 0 Å². The number of halogens is 1. The number of anilines is 1. The van der Waals surface area contributed by atoms with E-state index in [4.69, 9.17) is 33.3 Å². The summed E-state index contributed by atoms with van der Waals surface area (Å²) in [6.07, 6.45) is 2.34. The van der Waals surface area contributed by atoms with Crippen molar-refractivity contribution in [2.75, 3.05) is 19.0 Å². The number of esters is 1. The third-order valence-corrected chi connectivity index (χ3v) is 6.00. The molecule has 2 N–H and O–H groups in total. The SMILES string of the molecule is COC(=O)c1sc2cc(NC(=S)N[C@@H](C)[C@@H]3CCCO3)ccc2c1Cl. The lowest BCUT2D eigenvalue weighted by atomic mass is 10.1. The van der Waals surface area contributed by atoms with Gasteiger partial charge in [-0.1, -0.05) is 11.6 Å². The van der Waals surface area contributed by atoms with Crippen molar-refractivity contribution >= 4 is 62.0 Å². The van der Waals surface area contributed by atoms with Gasteiger partial charge in [-0.15, -0.1) is 11.3 Å². The van der Waals surface area contributed by atoms with Crippen molar-refractivity contribution in [2.24, 2.45) is 0 Å². The number of carbonyl (C=O) groups is 1. The molecule has 134 valence electrons. The summed E-state index contributed by atoms with van der Waals surface area (Å²) in [4.78, 5) is 12.2. The number of thiophene rings is 1. The Labute approximate surface area is 160 Å². The molecule has 2 atom stereocenters.